The van der Waals surface area contributed by atoms with Crippen molar-refractivity contribution < 1.29 is 5.11 Å². The first kappa shape index (κ1) is 16.3. The molecule has 1 aliphatic carbocycles. The first-order valence-corrected chi connectivity index (χ1v) is 7.93. The zero-order chi connectivity index (χ0) is 15.6. The van der Waals surface area contributed by atoms with E-state index in [4.69, 9.17) is 11.6 Å². The smallest absolute Gasteiger partial charge is 0.287 e. The molecule has 0 aromatic carbocycles. The molecule has 1 saturated carbocycles. The third-order valence-corrected chi connectivity index (χ3v) is 4.73. The number of hydrogen-bond acceptors (Lipinski definition) is 4. The molecule has 0 saturated heterocycles. The quantitative estimate of drug-likeness (QED) is 0.897. The molecular weight excluding hydrogens is 290 g/mol. The fourth-order valence-electron chi connectivity index (χ4n) is 2.82. The van der Waals surface area contributed by atoms with Crippen LogP contribution in [-0.4, -0.2) is 27.0 Å². The van der Waals surface area contributed by atoms with E-state index in [0.29, 0.717) is 11.6 Å². The summed E-state index contributed by atoms with van der Waals surface area (Å²) in [4.78, 5) is 12.2. The van der Waals surface area contributed by atoms with Gasteiger partial charge in [0, 0.05) is 0 Å². The molecule has 0 radical (unpaired) electrons. The highest BCUT2D eigenvalue weighted by Crippen LogP contribution is 2.35. The topological polar surface area (TPSA) is 67.2 Å². The first-order chi connectivity index (χ1) is 9.88. The van der Waals surface area contributed by atoms with Gasteiger partial charge in [-0.1, -0.05) is 18.5 Å². The molecule has 1 fully saturated rings. The monoisotopic (exact) mass is 313 g/mol. The van der Waals surface area contributed by atoms with Crippen molar-refractivity contribution in [1.82, 2.24) is 9.78 Å². The highest BCUT2D eigenvalue weighted by atomic mass is 35.5. The van der Waals surface area contributed by atoms with E-state index in [1.807, 2.05) is 13.8 Å². The van der Waals surface area contributed by atoms with Crippen molar-refractivity contribution in [2.24, 2.45) is 5.92 Å². The van der Waals surface area contributed by atoms with Crippen LogP contribution < -0.4 is 10.9 Å². The second kappa shape index (κ2) is 6.36. The van der Waals surface area contributed by atoms with Crippen LogP contribution in [-0.2, 0) is 0 Å². The zero-order valence-corrected chi connectivity index (χ0v) is 13.7. The first-order valence-electron chi connectivity index (χ1n) is 7.55. The average molecular weight is 314 g/mol. The molecule has 2 rings (SSSR count). The average Bonchev–Trinajstić information content (AvgIpc) is 2.46. The van der Waals surface area contributed by atoms with E-state index in [2.05, 4.69) is 17.3 Å². The summed E-state index contributed by atoms with van der Waals surface area (Å²) in [5.41, 5.74) is -0.176. The summed E-state index contributed by atoms with van der Waals surface area (Å²) >= 11 is 6.19. The van der Waals surface area contributed by atoms with Gasteiger partial charge in [-0.2, -0.15) is 5.10 Å². The Morgan fingerprint density at radius 1 is 1.52 bits per heavy atom. The van der Waals surface area contributed by atoms with Crippen LogP contribution in [0, 0.1) is 5.92 Å². The summed E-state index contributed by atoms with van der Waals surface area (Å²) in [5, 5.41) is 17.4. The SMILES string of the molecule is CC1CCC(CO)(Nc2cnn(C(C)C)c(=O)c2Cl)CC1. The summed E-state index contributed by atoms with van der Waals surface area (Å²) < 4.78 is 1.36. The molecule has 0 aliphatic heterocycles. The van der Waals surface area contributed by atoms with E-state index >= 15 is 0 Å². The van der Waals surface area contributed by atoms with E-state index in [1.165, 1.54) is 4.68 Å². The van der Waals surface area contributed by atoms with E-state index in [0.717, 1.165) is 25.7 Å². The van der Waals surface area contributed by atoms with Gasteiger partial charge in [-0.05, 0) is 45.4 Å². The Hall–Kier alpha value is -1.07. The number of nitrogens with one attached hydrogen (secondary N) is 1. The minimum absolute atomic E-state index is 0.0311. The standard InChI is InChI=1S/C15H24ClN3O2/c1-10(2)19-14(21)13(16)12(8-17-19)18-15(9-20)6-4-11(3)5-7-15/h8,10-11,18,20H,4-7,9H2,1-3H3. The number of halogens is 1. The molecule has 118 valence electrons. The Kier molecular flexibility index (Phi) is 4.94. The van der Waals surface area contributed by atoms with E-state index < -0.39 is 5.54 Å². The molecule has 21 heavy (non-hydrogen) atoms. The summed E-state index contributed by atoms with van der Waals surface area (Å²) in [5.74, 6) is 0.675. The number of rotatable bonds is 4. The predicted octanol–water partition coefficient (Wildman–Crippen LogP) is 2.83. The van der Waals surface area contributed by atoms with Crippen LogP contribution >= 0.6 is 11.6 Å². The number of aliphatic hydroxyl groups is 1. The lowest BCUT2D eigenvalue weighted by Crippen LogP contribution is -2.45. The van der Waals surface area contributed by atoms with Crippen LogP contribution in [0.3, 0.4) is 0 Å². The lowest BCUT2D eigenvalue weighted by molar-refractivity contribution is 0.155. The Labute approximate surface area is 130 Å². The van der Waals surface area contributed by atoms with Crippen molar-refractivity contribution in [2.45, 2.75) is 58.0 Å². The highest BCUT2D eigenvalue weighted by Gasteiger charge is 2.34. The fraction of sp³-hybridized carbons (Fsp3) is 0.733. The van der Waals surface area contributed by atoms with Gasteiger partial charge in [-0.15, -0.1) is 0 Å². The van der Waals surface area contributed by atoms with Gasteiger partial charge in [0.25, 0.3) is 5.56 Å². The fourth-order valence-corrected chi connectivity index (χ4v) is 3.01. The third kappa shape index (κ3) is 3.40. The van der Waals surface area contributed by atoms with Crippen LogP contribution in [0.25, 0.3) is 0 Å². The van der Waals surface area contributed by atoms with Gasteiger partial charge in [0.05, 0.1) is 30.1 Å². The summed E-state index contributed by atoms with van der Waals surface area (Å²) in [6.07, 6.45) is 5.44. The molecular formula is C15H24ClN3O2. The van der Waals surface area contributed by atoms with Gasteiger partial charge in [0.1, 0.15) is 5.02 Å². The van der Waals surface area contributed by atoms with Crippen molar-refractivity contribution in [3.05, 3.63) is 21.6 Å². The minimum Gasteiger partial charge on any atom is -0.394 e. The minimum atomic E-state index is -0.395. The molecule has 0 amide bonds. The molecule has 1 aromatic rings. The van der Waals surface area contributed by atoms with E-state index in [9.17, 15) is 9.90 Å². The molecule has 1 aromatic heterocycles. The van der Waals surface area contributed by atoms with E-state index in [-0.39, 0.29) is 23.2 Å². The van der Waals surface area contributed by atoms with Gasteiger partial charge >= 0.3 is 0 Å². The van der Waals surface area contributed by atoms with Crippen LogP contribution in [0.5, 0.6) is 0 Å². The number of hydrogen-bond donors (Lipinski definition) is 2. The molecule has 0 unspecified atom stereocenters. The Bertz CT molecular complexity index is 548. The van der Waals surface area contributed by atoms with Crippen LogP contribution in [0.15, 0.2) is 11.0 Å². The maximum atomic E-state index is 12.2. The molecule has 6 heteroatoms. The normalized spacial score (nSPS) is 26.1. The molecule has 1 aliphatic rings. The van der Waals surface area contributed by atoms with Gasteiger partial charge in [0.2, 0.25) is 0 Å². The van der Waals surface area contributed by atoms with Crippen molar-refractivity contribution in [3.63, 3.8) is 0 Å². The summed E-state index contributed by atoms with van der Waals surface area (Å²) in [6.45, 7) is 6.02. The van der Waals surface area contributed by atoms with E-state index in [1.54, 1.807) is 6.20 Å². The van der Waals surface area contributed by atoms with Crippen molar-refractivity contribution in [3.8, 4) is 0 Å². The maximum Gasteiger partial charge on any atom is 0.287 e. The van der Waals surface area contributed by atoms with Gasteiger partial charge < -0.3 is 10.4 Å². The van der Waals surface area contributed by atoms with Gasteiger partial charge in [-0.25, -0.2) is 4.68 Å². The lowest BCUT2D eigenvalue weighted by atomic mass is 9.77. The molecule has 0 atom stereocenters. The number of aliphatic hydroxyl groups excluding tert-OH is 1. The molecule has 0 spiro atoms. The van der Waals surface area contributed by atoms with Gasteiger partial charge in [0.15, 0.2) is 0 Å². The Balaban J connectivity index is 2.27. The number of anilines is 1. The number of nitrogens with zero attached hydrogens (tertiary/aromatic N) is 2. The molecule has 5 nitrogen and oxygen atoms in total. The second-order valence-electron chi connectivity index (χ2n) is 6.46. The van der Waals surface area contributed by atoms with Crippen LogP contribution in [0.2, 0.25) is 5.02 Å². The molecule has 2 N–H and O–H groups in total. The summed E-state index contributed by atoms with van der Waals surface area (Å²) in [6, 6.07) is -0.0358. The number of aromatic nitrogens is 2. The maximum absolute atomic E-state index is 12.2. The largest absolute Gasteiger partial charge is 0.394 e. The van der Waals surface area contributed by atoms with Crippen molar-refractivity contribution in [1.29, 1.82) is 0 Å². The molecule has 1 heterocycles. The van der Waals surface area contributed by atoms with Crippen LogP contribution in [0.1, 0.15) is 52.5 Å². The Morgan fingerprint density at radius 3 is 2.67 bits per heavy atom. The van der Waals surface area contributed by atoms with Gasteiger partial charge in [-0.3, -0.25) is 4.79 Å². The second-order valence-corrected chi connectivity index (χ2v) is 6.84. The highest BCUT2D eigenvalue weighted by molar-refractivity contribution is 6.32. The molecule has 0 bridgehead atoms. The third-order valence-electron chi connectivity index (χ3n) is 4.37. The zero-order valence-electron chi connectivity index (χ0n) is 12.9. The van der Waals surface area contributed by atoms with Crippen molar-refractivity contribution >= 4 is 17.3 Å². The Morgan fingerprint density at radius 2 is 2.14 bits per heavy atom. The van der Waals surface area contributed by atoms with Crippen molar-refractivity contribution in [2.75, 3.05) is 11.9 Å². The lowest BCUT2D eigenvalue weighted by Gasteiger charge is -2.39. The summed E-state index contributed by atoms with van der Waals surface area (Å²) in [7, 11) is 0. The predicted molar refractivity (Wildman–Crippen MR) is 85.0 cm³/mol. The van der Waals surface area contributed by atoms with Crippen LogP contribution in [0.4, 0.5) is 5.69 Å².